The van der Waals surface area contributed by atoms with Crippen molar-refractivity contribution < 1.29 is 68.0 Å². The summed E-state index contributed by atoms with van der Waals surface area (Å²) in [5.74, 6) is -8.37. The zero-order valence-electron chi connectivity index (χ0n) is 51.5. The average Bonchev–Trinajstić information content (AvgIpc) is 1.70. The molecule has 1 aromatic heterocycles. The number of amides is 9. The summed E-state index contributed by atoms with van der Waals surface area (Å²) in [7, 11) is 0. The van der Waals surface area contributed by atoms with Crippen molar-refractivity contribution in [3.05, 3.63) is 22.4 Å². The Balaban J connectivity index is 1.12. The van der Waals surface area contributed by atoms with Gasteiger partial charge in [0.2, 0.25) is 53.2 Å². The van der Waals surface area contributed by atoms with Crippen molar-refractivity contribution in [1.29, 1.82) is 0 Å². The molecular formula is C57H93N19O14S. The minimum Gasteiger partial charge on any atom is -0.480 e. The number of nitrogens with zero attached hydrogens (tertiary/aromatic N) is 7. The van der Waals surface area contributed by atoms with Gasteiger partial charge in [0, 0.05) is 76.1 Å². The molecule has 506 valence electrons. The van der Waals surface area contributed by atoms with Crippen LogP contribution in [-0.4, -0.2) is 244 Å². The topological polar surface area (TPSA) is 533 Å². The lowest BCUT2D eigenvalue weighted by atomic mass is 9.84. The van der Waals surface area contributed by atoms with Gasteiger partial charge in [0.05, 0.1) is 31.4 Å². The molecule has 6 rings (SSSR count). The largest absolute Gasteiger partial charge is 0.480 e. The van der Waals surface area contributed by atoms with Crippen LogP contribution in [0.3, 0.4) is 0 Å². The minimum atomic E-state index is -1.66. The van der Waals surface area contributed by atoms with Gasteiger partial charge in [-0.1, -0.05) is 25.8 Å². The van der Waals surface area contributed by atoms with E-state index in [0.717, 1.165) is 24.2 Å². The lowest BCUT2D eigenvalue weighted by Crippen LogP contribution is -2.60. The fourth-order valence-electron chi connectivity index (χ4n) is 12.6. The number of nitrogens with one attached hydrogen (secondary N) is 5. The van der Waals surface area contributed by atoms with Crippen LogP contribution in [0.15, 0.2) is 32.5 Å². The zero-order valence-corrected chi connectivity index (χ0v) is 52.4. The van der Waals surface area contributed by atoms with Gasteiger partial charge < -0.3 is 106 Å². The van der Waals surface area contributed by atoms with Crippen molar-refractivity contribution in [2.75, 3.05) is 59.0 Å². The summed E-state index contributed by atoms with van der Waals surface area (Å²) >= 11 is 1.27. The second kappa shape index (κ2) is 35.0. The summed E-state index contributed by atoms with van der Waals surface area (Å²) in [6.45, 7) is 0.719. The second-order valence-corrected chi connectivity index (χ2v) is 24.7. The molecule has 4 saturated heterocycles. The van der Waals surface area contributed by atoms with Crippen LogP contribution in [0.4, 0.5) is 0 Å². The van der Waals surface area contributed by atoms with Crippen LogP contribution in [0.1, 0.15) is 115 Å². The number of carbonyl (C=O) groups excluding carboxylic acids is 9. The number of aliphatic hydroxyl groups is 2. The summed E-state index contributed by atoms with van der Waals surface area (Å²) < 4.78 is 6.09. The smallest absolute Gasteiger partial charge is 0.326 e. The highest BCUT2D eigenvalue weighted by molar-refractivity contribution is 7.09. The molecule has 1 aromatic rings. The van der Waals surface area contributed by atoms with Crippen LogP contribution >= 0.6 is 11.3 Å². The fraction of sp³-hybridized carbons (Fsp3) is 0.702. The SMILES string of the molecule is CCCO[C@@H]1C[C@H](C(=O)N2[C@H](C(=O)N[C@@H](CCCN=C(N)N)C(=O)O)C[C@@H]3CCCC[C@@H]32)N(C(=O)[C@H](CO)NC(=O)[C@H](Cc2cccs2)NC(=O)CNC(=O)[C@@H]2C[C@@H](O)CN2C(=O)[C@@H]2CCCN2C(=O)[C@H](CCCN=C(N)N)NC(=O)[C@H](N)CCCN=C(N)N)C1. The summed E-state index contributed by atoms with van der Waals surface area (Å²) in [5, 5.41) is 46.5. The fourth-order valence-corrected chi connectivity index (χ4v) is 13.3. The number of hydrogen-bond acceptors (Lipinski definition) is 18. The Hall–Kier alpha value is -7.95. The number of nitrogens with two attached hydrogens (primary N) is 7. The van der Waals surface area contributed by atoms with E-state index in [1.165, 1.54) is 26.0 Å². The van der Waals surface area contributed by atoms with Crippen molar-refractivity contribution >= 4 is 88.3 Å². The van der Waals surface area contributed by atoms with Gasteiger partial charge in [0.25, 0.3) is 0 Å². The van der Waals surface area contributed by atoms with Crippen LogP contribution in [0.25, 0.3) is 0 Å². The number of guanidine groups is 3. The Morgan fingerprint density at radius 1 is 0.670 bits per heavy atom. The Kier molecular flexibility index (Phi) is 27.8. The van der Waals surface area contributed by atoms with Gasteiger partial charge in [-0.25, -0.2) is 4.79 Å². The van der Waals surface area contributed by atoms with Crippen molar-refractivity contribution in [1.82, 2.24) is 46.2 Å². The number of thiophene rings is 1. The van der Waals surface area contributed by atoms with Crippen molar-refractivity contribution in [2.45, 2.75) is 189 Å². The molecule has 9 amide bonds. The third-order valence-electron chi connectivity index (χ3n) is 17.0. The molecule has 33 nitrogen and oxygen atoms in total. The molecule has 1 aliphatic carbocycles. The van der Waals surface area contributed by atoms with E-state index in [1.807, 2.05) is 6.92 Å². The van der Waals surface area contributed by atoms with Crippen LogP contribution in [0, 0.1) is 5.92 Å². The maximum absolute atomic E-state index is 15.1. The molecule has 4 aliphatic heterocycles. The lowest BCUT2D eigenvalue weighted by molar-refractivity contribution is -0.151. The van der Waals surface area contributed by atoms with E-state index in [0.29, 0.717) is 30.6 Å². The summed E-state index contributed by atoms with van der Waals surface area (Å²) in [5.41, 5.74) is 38.8. The molecule has 5 heterocycles. The highest BCUT2D eigenvalue weighted by Crippen LogP contribution is 2.41. The first-order valence-electron chi connectivity index (χ1n) is 31.2. The number of ether oxygens (including phenoxy) is 1. The van der Waals surface area contributed by atoms with E-state index in [1.54, 1.807) is 17.5 Å². The first-order chi connectivity index (χ1) is 43.4. The van der Waals surface area contributed by atoms with E-state index in [4.69, 9.17) is 44.9 Å². The molecule has 34 heteroatoms. The maximum Gasteiger partial charge on any atom is 0.326 e. The molecule has 0 bridgehead atoms. The summed E-state index contributed by atoms with van der Waals surface area (Å²) in [6.07, 6.45) is 3.37. The second-order valence-electron chi connectivity index (χ2n) is 23.7. The highest BCUT2D eigenvalue weighted by Gasteiger charge is 2.53. The van der Waals surface area contributed by atoms with Gasteiger partial charge in [-0.3, -0.25) is 58.1 Å². The third-order valence-corrected chi connectivity index (χ3v) is 17.9. The molecule has 0 radical (unpaired) electrons. The van der Waals surface area contributed by atoms with Crippen LogP contribution in [0.2, 0.25) is 0 Å². The summed E-state index contributed by atoms with van der Waals surface area (Å²) in [4.78, 5) is 158. The van der Waals surface area contributed by atoms with E-state index < -0.39 is 145 Å². The molecule has 0 spiro atoms. The molecule has 91 heavy (non-hydrogen) atoms. The molecule has 5 aliphatic rings. The normalized spacial score (nSPS) is 23.5. The Labute approximate surface area is 531 Å². The van der Waals surface area contributed by atoms with Crippen LogP contribution in [0.5, 0.6) is 0 Å². The quantitative estimate of drug-likeness (QED) is 0.0177. The number of carboxylic acids is 1. The Morgan fingerprint density at radius 3 is 1.93 bits per heavy atom. The van der Waals surface area contributed by atoms with E-state index in [2.05, 4.69) is 41.6 Å². The number of likely N-dealkylation sites (tertiary alicyclic amines) is 4. The Bertz CT molecular complexity index is 2780. The maximum atomic E-state index is 15.1. The highest BCUT2D eigenvalue weighted by atomic mass is 32.1. The first kappa shape index (κ1) is 72.1. The van der Waals surface area contributed by atoms with Crippen molar-refractivity contribution in [3.63, 3.8) is 0 Å². The Morgan fingerprint density at radius 2 is 1.31 bits per heavy atom. The number of β-amino-alcohol motifs (C(OH)–C–C–N with tert-alkyl or cyclic N) is 1. The molecule has 13 atom stereocenters. The number of fused-ring (bicyclic) bond motifs is 1. The molecular weight excluding hydrogens is 1210 g/mol. The van der Waals surface area contributed by atoms with Crippen LogP contribution in [-0.2, 0) is 59.1 Å². The van der Waals surface area contributed by atoms with Gasteiger partial charge in [-0.05, 0) is 94.4 Å². The number of aliphatic hydroxyl groups excluding tert-OH is 2. The molecule has 0 aromatic carbocycles. The number of hydrogen-bond donors (Lipinski definition) is 15. The van der Waals surface area contributed by atoms with E-state index >= 15 is 4.79 Å². The molecule has 0 unspecified atom stereocenters. The van der Waals surface area contributed by atoms with Gasteiger partial charge in [-0.2, -0.15) is 0 Å². The first-order valence-corrected chi connectivity index (χ1v) is 32.1. The molecule has 22 N–H and O–H groups in total. The van der Waals surface area contributed by atoms with Gasteiger partial charge in [0.15, 0.2) is 17.9 Å². The van der Waals surface area contributed by atoms with Crippen molar-refractivity contribution in [2.24, 2.45) is 61.0 Å². The van der Waals surface area contributed by atoms with E-state index in [9.17, 15) is 58.5 Å². The molecule has 5 fully saturated rings. The van der Waals surface area contributed by atoms with Gasteiger partial charge in [0.1, 0.15) is 48.3 Å². The molecule has 1 saturated carbocycles. The standard InChI is InChI=1S/C57H93N19O14S/c1-2-21-90-33-25-44(53(87)76-40-15-4-3-10-31(40)23-43(76)49(83)71-37(54(88)89)14-7-19-67-57(63)64)75(29-33)51(85)39(30-77)72-47(81)38(26-34-11-9-22-91-34)69-45(79)27-68-48(82)42-24-32(78)28-74(42)52(86)41-16-8-20-73(41)50(84)36(13-6-18-66-56(61)62)70-46(80)35(58)12-5-17-65-55(59)60/h9,11,22,31-33,35-44,77-78H,2-8,10,12-21,23-30,58H2,1H3,(H,68,82)(H,69,79)(H,70,80)(H,71,83)(H,72,81)(H,88,89)(H4,59,60,65)(H4,61,62,66)(H4,63,64,67)/t31-,32+,33+,35+,36-,37-,38-,39-,40-,41-,42-,43-,44+/m0/s1. The summed E-state index contributed by atoms with van der Waals surface area (Å²) in [6, 6.07) is -8.22. The number of carboxylic acid groups (broad SMARTS) is 1. The van der Waals surface area contributed by atoms with Gasteiger partial charge in [-0.15, -0.1) is 11.3 Å². The lowest BCUT2D eigenvalue weighted by Gasteiger charge is -2.37. The number of rotatable bonds is 33. The number of aliphatic imine (C=N–C) groups is 3. The average molecular weight is 1300 g/mol. The van der Waals surface area contributed by atoms with Gasteiger partial charge >= 0.3 is 5.97 Å². The number of carbonyl (C=O) groups is 10. The predicted octanol–water partition coefficient (Wildman–Crippen LogP) is -5.58. The number of aliphatic carboxylic acids is 1. The van der Waals surface area contributed by atoms with E-state index in [-0.39, 0.29) is 134 Å². The zero-order chi connectivity index (χ0) is 66.5. The third kappa shape index (κ3) is 20.5. The minimum absolute atomic E-state index is 0.000344. The predicted molar refractivity (Wildman–Crippen MR) is 333 cm³/mol. The van der Waals surface area contributed by atoms with Crippen molar-refractivity contribution in [3.8, 4) is 0 Å². The van der Waals surface area contributed by atoms with Crippen LogP contribution < -0.4 is 66.7 Å². The monoisotopic (exact) mass is 1300 g/mol.